The lowest BCUT2D eigenvalue weighted by molar-refractivity contribution is 0.291. The van der Waals surface area contributed by atoms with E-state index in [1.165, 1.54) is 6.07 Å². The number of nitrogens with two attached hydrogens (primary N) is 1. The van der Waals surface area contributed by atoms with Crippen molar-refractivity contribution in [2.75, 3.05) is 13.1 Å². The molecule has 0 aliphatic rings. The fourth-order valence-electron chi connectivity index (χ4n) is 1.64. The van der Waals surface area contributed by atoms with Crippen LogP contribution in [0.3, 0.4) is 0 Å². The number of hydrogen-bond acceptors (Lipinski definition) is 3. The normalized spacial score (nSPS) is 12.1. The zero-order valence-electron chi connectivity index (χ0n) is 10.2. The lowest BCUT2D eigenvalue weighted by atomic mass is 10.1. The van der Waals surface area contributed by atoms with Gasteiger partial charge in [-0.05, 0) is 19.2 Å². The smallest absolute Gasteiger partial charge is 0.173 e. The second-order valence-corrected chi connectivity index (χ2v) is 3.73. The maximum atomic E-state index is 14.0. The van der Waals surface area contributed by atoms with Crippen LogP contribution in [-0.2, 0) is 6.54 Å². The molecule has 94 valence electrons. The molecule has 0 aliphatic heterocycles. The topological polar surface area (TPSA) is 61.8 Å². The van der Waals surface area contributed by atoms with Crippen molar-refractivity contribution in [1.29, 1.82) is 0 Å². The Hall–Kier alpha value is -1.62. The molecule has 0 aliphatic carbocycles. The van der Waals surface area contributed by atoms with Crippen molar-refractivity contribution in [3.05, 3.63) is 35.1 Å². The van der Waals surface area contributed by atoms with Gasteiger partial charge in [0, 0.05) is 12.1 Å². The number of nitrogens with zero attached hydrogens (tertiary/aromatic N) is 2. The zero-order valence-corrected chi connectivity index (χ0v) is 10.2. The minimum absolute atomic E-state index is 0.136. The minimum Gasteiger partial charge on any atom is -0.409 e. The summed E-state index contributed by atoms with van der Waals surface area (Å²) < 4.78 is 14.0. The van der Waals surface area contributed by atoms with Crippen molar-refractivity contribution >= 4 is 5.84 Å². The van der Waals surface area contributed by atoms with Crippen LogP contribution in [0, 0.1) is 5.82 Å². The minimum atomic E-state index is -0.422. The molecule has 4 nitrogen and oxygen atoms in total. The summed E-state index contributed by atoms with van der Waals surface area (Å²) >= 11 is 0. The number of benzene rings is 1. The largest absolute Gasteiger partial charge is 0.409 e. The van der Waals surface area contributed by atoms with Crippen LogP contribution in [-0.4, -0.2) is 29.0 Å². The highest BCUT2D eigenvalue weighted by molar-refractivity contribution is 5.97. The van der Waals surface area contributed by atoms with Gasteiger partial charge in [0.25, 0.3) is 0 Å². The van der Waals surface area contributed by atoms with Gasteiger partial charge in [-0.3, -0.25) is 4.90 Å². The number of rotatable bonds is 5. The van der Waals surface area contributed by atoms with E-state index in [2.05, 4.69) is 10.1 Å². The van der Waals surface area contributed by atoms with Crippen LogP contribution < -0.4 is 5.73 Å². The summed E-state index contributed by atoms with van der Waals surface area (Å²) in [7, 11) is 0. The van der Waals surface area contributed by atoms with Crippen molar-refractivity contribution in [1.82, 2.24) is 4.90 Å². The number of oxime groups is 1. The maximum absolute atomic E-state index is 14.0. The van der Waals surface area contributed by atoms with Gasteiger partial charge in [0.15, 0.2) is 5.84 Å². The second kappa shape index (κ2) is 6.20. The molecule has 5 heteroatoms. The first-order valence-electron chi connectivity index (χ1n) is 5.61. The molecule has 1 aromatic carbocycles. The number of amidine groups is 1. The van der Waals surface area contributed by atoms with Crippen LogP contribution in [0.2, 0.25) is 0 Å². The van der Waals surface area contributed by atoms with Crippen LogP contribution in [0.15, 0.2) is 23.4 Å². The van der Waals surface area contributed by atoms with Gasteiger partial charge in [-0.1, -0.05) is 31.1 Å². The summed E-state index contributed by atoms with van der Waals surface area (Å²) in [5.74, 6) is -0.626. The molecule has 17 heavy (non-hydrogen) atoms. The third-order valence-electron chi connectivity index (χ3n) is 2.75. The quantitative estimate of drug-likeness (QED) is 0.356. The molecule has 0 aromatic heterocycles. The van der Waals surface area contributed by atoms with Crippen molar-refractivity contribution in [2.24, 2.45) is 10.9 Å². The lowest BCUT2D eigenvalue weighted by Crippen LogP contribution is -2.24. The molecule has 1 aromatic rings. The average molecular weight is 239 g/mol. The van der Waals surface area contributed by atoms with Gasteiger partial charge in [0.1, 0.15) is 5.82 Å². The molecule has 0 unspecified atom stereocenters. The fraction of sp³-hybridized carbons (Fsp3) is 0.417. The molecule has 0 heterocycles. The monoisotopic (exact) mass is 239 g/mol. The van der Waals surface area contributed by atoms with Crippen molar-refractivity contribution < 1.29 is 9.60 Å². The molecule has 0 radical (unpaired) electrons. The molecule has 0 spiro atoms. The first-order chi connectivity index (χ1) is 8.13. The summed E-state index contributed by atoms with van der Waals surface area (Å²) in [5, 5.41) is 11.4. The standard InChI is InChI=1S/C12H18FN3O/c1-3-16(4-2)8-9-6-5-7-10(11(9)13)12(14)15-17/h5-7,17H,3-4,8H2,1-2H3,(H2,14,15). The summed E-state index contributed by atoms with van der Waals surface area (Å²) in [6.07, 6.45) is 0. The fourth-order valence-corrected chi connectivity index (χ4v) is 1.64. The van der Waals surface area contributed by atoms with Gasteiger partial charge in [0.2, 0.25) is 0 Å². The second-order valence-electron chi connectivity index (χ2n) is 3.73. The Morgan fingerprint density at radius 2 is 2.06 bits per heavy atom. The van der Waals surface area contributed by atoms with E-state index in [4.69, 9.17) is 10.9 Å². The van der Waals surface area contributed by atoms with Crippen LogP contribution in [0.5, 0.6) is 0 Å². The molecule has 1 rings (SSSR count). The van der Waals surface area contributed by atoms with E-state index in [0.29, 0.717) is 12.1 Å². The van der Waals surface area contributed by atoms with Crippen molar-refractivity contribution in [3.8, 4) is 0 Å². The van der Waals surface area contributed by atoms with Crippen LogP contribution in [0.1, 0.15) is 25.0 Å². The molecule has 3 N–H and O–H groups in total. The van der Waals surface area contributed by atoms with Gasteiger partial charge in [-0.2, -0.15) is 0 Å². The van der Waals surface area contributed by atoms with E-state index in [9.17, 15) is 4.39 Å². The van der Waals surface area contributed by atoms with Crippen molar-refractivity contribution in [3.63, 3.8) is 0 Å². The molecule has 0 amide bonds. The summed E-state index contributed by atoms with van der Waals surface area (Å²) in [6, 6.07) is 4.91. The molecule has 0 atom stereocenters. The summed E-state index contributed by atoms with van der Waals surface area (Å²) in [6.45, 7) is 6.27. The molecular formula is C12H18FN3O. The van der Waals surface area contributed by atoms with E-state index < -0.39 is 5.82 Å². The predicted octanol–water partition coefficient (Wildman–Crippen LogP) is 1.76. The highest BCUT2D eigenvalue weighted by Crippen LogP contribution is 2.14. The molecule has 0 saturated carbocycles. The molecule has 0 bridgehead atoms. The van der Waals surface area contributed by atoms with Gasteiger partial charge in [-0.25, -0.2) is 4.39 Å². The van der Waals surface area contributed by atoms with Gasteiger partial charge >= 0.3 is 0 Å². The Morgan fingerprint density at radius 1 is 1.41 bits per heavy atom. The van der Waals surface area contributed by atoms with Crippen molar-refractivity contribution in [2.45, 2.75) is 20.4 Å². The highest BCUT2D eigenvalue weighted by atomic mass is 19.1. The summed E-state index contributed by atoms with van der Waals surface area (Å²) in [4.78, 5) is 2.09. The van der Waals surface area contributed by atoms with E-state index in [-0.39, 0.29) is 11.4 Å². The maximum Gasteiger partial charge on any atom is 0.173 e. The van der Waals surface area contributed by atoms with E-state index in [0.717, 1.165) is 13.1 Å². The number of halogens is 1. The molecule has 0 saturated heterocycles. The Morgan fingerprint density at radius 3 is 2.59 bits per heavy atom. The molecule has 0 fully saturated rings. The Kier molecular flexibility index (Phi) is 4.90. The first kappa shape index (κ1) is 13.4. The molecular weight excluding hydrogens is 221 g/mol. The van der Waals surface area contributed by atoms with Gasteiger partial charge < -0.3 is 10.9 Å². The highest BCUT2D eigenvalue weighted by Gasteiger charge is 2.12. The Balaban J connectivity index is 3.02. The average Bonchev–Trinajstić information content (AvgIpc) is 2.36. The van der Waals surface area contributed by atoms with Crippen LogP contribution in [0.25, 0.3) is 0 Å². The Labute approximate surface area is 101 Å². The lowest BCUT2D eigenvalue weighted by Gasteiger charge is -2.18. The Bertz CT molecular complexity index is 403. The first-order valence-corrected chi connectivity index (χ1v) is 5.61. The number of hydrogen-bond donors (Lipinski definition) is 2. The van der Waals surface area contributed by atoms with Gasteiger partial charge in [-0.15, -0.1) is 0 Å². The van der Waals surface area contributed by atoms with Crippen LogP contribution >= 0.6 is 0 Å². The van der Waals surface area contributed by atoms with E-state index >= 15 is 0 Å². The van der Waals surface area contributed by atoms with E-state index in [1.54, 1.807) is 12.1 Å². The van der Waals surface area contributed by atoms with Crippen LogP contribution in [0.4, 0.5) is 4.39 Å². The van der Waals surface area contributed by atoms with Gasteiger partial charge in [0.05, 0.1) is 5.56 Å². The SMILES string of the molecule is CCN(CC)Cc1cccc(/C(N)=N/O)c1F. The third-order valence-corrected chi connectivity index (χ3v) is 2.75. The zero-order chi connectivity index (χ0) is 12.8. The third kappa shape index (κ3) is 3.17. The predicted molar refractivity (Wildman–Crippen MR) is 65.5 cm³/mol. The van der Waals surface area contributed by atoms with E-state index in [1.807, 2.05) is 13.8 Å². The summed E-state index contributed by atoms with van der Waals surface area (Å²) in [5.41, 5.74) is 6.10.